The molecular weight excluding hydrogens is 409 g/mol. The molecule has 1 unspecified atom stereocenters. The van der Waals surface area contributed by atoms with Crippen LogP contribution in [0.2, 0.25) is 0 Å². The van der Waals surface area contributed by atoms with Crippen LogP contribution >= 0.6 is 23.7 Å². The number of carbonyl (C=O) groups is 1. The first-order valence-electron chi connectivity index (χ1n) is 7.48. The number of methoxy groups -OCH3 is 1. The van der Waals surface area contributed by atoms with Crippen molar-refractivity contribution in [1.29, 1.82) is 0 Å². The number of hydrogen-bond acceptors (Lipinski definition) is 5. The van der Waals surface area contributed by atoms with Crippen LogP contribution in [0.1, 0.15) is 12.5 Å². The molecule has 2 atom stereocenters. The highest BCUT2D eigenvalue weighted by molar-refractivity contribution is 9.10. The SMILES string of the molecule is COC(=O)[C@H](C)NP(=O)(Oc1ccc(C)cc1)Oc1ccc(Br)cc1. The molecule has 134 valence electrons. The summed E-state index contributed by atoms with van der Waals surface area (Å²) < 4.78 is 29.8. The molecule has 0 saturated carbocycles. The van der Waals surface area contributed by atoms with Gasteiger partial charge in [0.25, 0.3) is 0 Å². The lowest BCUT2D eigenvalue weighted by atomic mass is 10.2. The van der Waals surface area contributed by atoms with Gasteiger partial charge in [-0.05, 0) is 50.2 Å². The van der Waals surface area contributed by atoms with Gasteiger partial charge in [-0.3, -0.25) is 4.79 Å². The van der Waals surface area contributed by atoms with E-state index in [2.05, 4.69) is 25.8 Å². The third-order valence-electron chi connectivity index (χ3n) is 3.19. The fourth-order valence-electron chi connectivity index (χ4n) is 1.91. The third kappa shape index (κ3) is 5.88. The molecule has 25 heavy (non-hydrogen) atoms. The molecule has 0 aliphatic heterocycles. The van der Waals surface area contributed by atoms with Gasteiger partial charge in [-0.2, -0.15) is 5.09 Å². The second-order valence-electron chi connectivity index (χ2n) is 5.32. The second kappa shape index (κ2) is 8.52. The number of halogens is 1. The Morgan fingerprint density at radius 3 is 2.00 bits per heavy atom. The Balaban J connectivity index is 2.25. The molecule has 2 aromatic carbocycles. The lowest BCUT2D eigenvalue weighted by Crippen LogP contribution is -2.35. The minimum atomic E-state index is -3.88. The van der Waals surface area contributed by atoms with Crippen LogP contribution in [-0.2, 0) is 14.1 Å². The van der Waals surface area contributed by atoms with E-state index in [0.717, 1.165) is 10.0 Å². The molecule has 0 aliphatic carbocycles. The Kier molecular flexibility index (Phi) is 6.64. The summed E-state index contributed by atoms with van der Waals surface area (Å²) in [6, 6.07) is 12.9. The van der Waals surface area contributed by atoms with Crippen LogP contribution in [0.25, 0.3) is 0 Å². The van der Waals surface area contributed by atoms with Gasteiger partial charge in [-0.25, -0.2) is 4.57 Å². The van der Waals surface area contributed by atoms with E-state index in [1.54, 1.807) is 36.4 Å². The van der Waals surface area contributed by atoms with Crippen molar-refractivity contribution in [3.05, 3.63) is 58.6 Å². The van der Waals surface area contributed by atoms with Crippen molar-refractivity contribution in [3.63, 3.8) is 0 Å². The van der Waals surface area contributed by atoms with Crippen LogP contribution in [0, 0.1) is 6.92 Å². The summed E-state index contributed by atoms with van der Waals surface area (Å²) in [6.45, 7) is 3.45. The molecule has 1 N–H and O–H groups in total. The van der Waals surface area contributed by atoms with Crippen molar-refractivity contribution < 1.29 is 23.1 Å². The Hall–Kier alpha value is -1.82. The van der Waals surface area contributed by atoms with Crippen LogP contribution in [0.15, 0.2) is 53.0 Å². The third-order valence-corrected chi connectivity index (χ3v) is 5.33. The number of benzene rings is 2. The standard InChI is InChI=1S/C17H19BrNO5P/c1-12-4-8-15(9-5-12)23-25(21,19-13(2)17(20)22-3)24-16-10-6-14(18)7-11-16/h4-11,13H,1-3H3,(H,19,21)/t13-,25?/m0/s1. The first-order chi connectivity index (χ1) is 11.8. The highest BCUT2D eigenvalue weighted by Gasteiger charge is 2.33. The van der Waals surface area contributed by atoms with E-state index in [1.165, 1.54) is 14.0 Å². The molecule has 0 amide bonds. The predicted molar refractivity (Wildman–Crippen MR) is 98.8 cm³/mol. The fourth-order valence-corrected chi connectivity index (χ4v) is 3.70. The first-order valence-corrected chi connectivity index (χ1v) is 9.82. The normalized spacial score (nSPS) is 14.2. The Morgan fingerprint density at radius 2 is 1.52 bits per heavy atom. The van der Waals surface area contributed by atoms with E-state index in [9.17, 15) is 9.36 Å². The van der Waals surface area contributed by atoms with E-state index in [-0.39, 0.29) is 0 Å². The summed E-state index contributed by atoms with van der Waals surface area (Å²) in [5.74, 6) is 0.117. The zero-order valence-electron chi connectivity index (χ0n) is 14.1. The summed E-state index contributed by atoms with van der Waals surface area (Å²) in [5.41, 5.74) is 1.03. The van der Waals surface area contributed by atoms with E-state index >= 15 is 0 Å². The maximum Gasteiger partial charge on any atom is 0.513 e. The van der Waals surface area contributed by atoms with Gasteiger partial charge in [-0.15, -0.1) is 0 Å². The molecule has 0 saturated heterocycles. The van der Waals surface area contributed by atoms with Crippen molar-refractivity contribution in [2.45, 2.75) is 19.9 Å². The van der Waals surface area contributed by atoms with Gasteiger partial charge in [0, 0.05) is 4.47 Å². The van der Waals surface area contributed by atoms with Crippen LogP contribution in [-0.4, -0.2) is 19.1 Å². The van der Waals surface area contributed by atoms with Crippen molar-refractivity contribution >= 4 is 29.6 Å². The van der Waals surface area contributed by atoms with E-state index < -0.39 is 19.8 Å². The van der Waals surface area contributed by atoms with Gasteiger partial charge in [0.1, 0.15) is 17.5 Å². The Morgan fingerprint density at radius 1 is 1.04 bits per heavy atom. The average Bonchev–Trinajstić information content (AvgIpc) is 2.58. The maximum absolute atomic E-state index is 13.2. The quantitative estimate of drug-likeness (QED) is 0.518. The summed E-state index contributed by atoms with van der Waals surface area (Å²) in [6.07, 6.45) is 0. The Labute approximate surface area is 155 Å². The first kappa shape index (κ1) is 19.5. The Bertz CT molecular complexity index is 712. The molecule has 2 aromatic rings. The van der Waals surface area contributed by atoms with Crippen molar-refractivity contribution in [2.24, 2.45) is 0 Å². The van der Waals surface area contributed by atoms with Gasteiger partial charge >= 0.3 is 13.7 Å². The van der Waals surface area contributed by atoms with Gasteiger partial charge in [-0.1, -0.05) is 33.6 Å². The lowest BCUT2D eigenvalue weighted by Gasteiger charge is -2.22. The van der Waals surface area contributed by atoms with Gasteiger partial charge < -0.3 is 13.8 Å². The summed E-state index contributed by atoms with van der Waals surface area (Å²) in [5, 5.41) is 2.60. The molecule has 0 aromatic heterocycles. The number of carbonyl (C=O) groups excluding carboxylic acids is 1. The summed E-state index contributed by atoms with van der Waals surface area (Å²) in [4.78, 5) is 11.7. The van der Waals surface area contributed by atoms with Crippen molar-refractivity contribution in [2.75, 3.05) is 7.11 Å². The van der Waals surface area contributed by atoms with Gasteiger partial charge in [0.2, 0.25) is 0 Å². The van der Waals surface area contributed by atoms with Crippen LogP contribution < -0.4 is 14.1 Å². The molecule has 0 radical (unpaired) electrons. The number of esters is 1. The number of aryl methyl sites for hydroxylation is 1. The molecule has 0 fully saturated rings. The molecule has 0 heterocycles. The van der Waals surface area contributed by atoms with Gasteiger partial charge in [0.05, 0.1) is 7.11 Å². The maximum atomic E-state index is 13.2. The number of rotatable bonds is 7. The van der Waals surface area contributed by atoms with Crippen LogP contribution in [0.5, 0.6) is 11.5 Å². The van der Waals surface area contributed by atoms with E-state index in [0.29, 0.717) is 11.5 Å². The second-order valence-corrected chi connectivity index (χ2v) is 7.85. The molecular formula is C17H19BrNO5P. The fraction of sp³-hybridized carbons (Fsp3) is 0.235. The average molecular weight is 428 g/mol. The molecule has 6 nitrogen and oxygen atoms in total. The lowest BCUT2D eigenvalue weighted by molar-refractivity contribution is -0.142. The minimum absolute atomic E-state index is 0.336. The highest BCUT2D eigenvalue weighted by atomic mass is 79.9. The van der Waals surface area contributed by atoms with Crippen LogP contribution in [0.4, 0.5) is 0 Å². The molecule has 0 aliphatic rings. The number of ether oxygens (including phenoxy) is 1. The van der Waals surface area contributed by atoms with E-state index in [1.807, 2.05) is 19.1 Å². The highest BCUT2D eigenvalue weighted by Crippen LogP contribution is 2.45. The summed E-state index contributed by atoms with van der Waals surface area (Å²) >= 11 is 3.32. The van der Waals surface area contributed by atoms with Gasteiger partial charge in [0.15, 0.2) is 0 Å². The molecule has 0 spiro atoms. The zero-order valence-corrected chi connectivity index (χ0v) is 16.5. The molecule has 8 heteroatoms. The van der Waals surface area contributed by atoms with Crippen LogP contribution in [0.3, 0.4) is 0 Å². The summed E-state index contributed by atoms with van der Waals surface area (Å²) in [7, 11) is -2.63. The molecule has 2 rings (SSSR count). The largest absolute Gasteiger partial charge is 0.513 e. The smallest absolute Gasteiger partial charge is 0.468 e. The van der Waals surface area contributed by atoms with Crippen molar-refractivity contribution in [3.8, 4) is 11.5 Å². The number of hydrogen-bond donors (Lipinski definition) is 1. The minimum Gasteiger partial charge on any atom is -0.468 e. The van der Waals surface area contributed by atoms with E-state index in [4.69, 9.17) is 9.05 Å². The number of nitrogens with one attached hydrogen (secondary N) is 1. The monoisotopic (exact) mass is 427 g/mol. The zero-order chi connectivity index (χ0) is 18.4. The topological polar surface area (TPSA) is 73.9 Å². The predicted octanol–water partition coefficient (Wildman–Crippen LogP) is 4.47. The van der Waals surface area contributed by atoms with Crippen molar-refractivity contribution in [1.82, 2.24) is 5.09 Å². The molecule has 0 bridgehead atoms.